The molecule has 2 heterocycles. The predicted molar refractivity (Wildman–Crippen MR) is 90.5 cm³/mol. The van der Waals surface area contributed by atoms with Gasteiger partial charge in [0.25, 0.3) is 0 Å². The van der Waals surface area contributed by atoms with Crippen LogP contribution in [0.5, 0.6) is 0 Å². The molecule has 126 valence electrons. The van der Waals surface area contributed by atoms with Crippen LogP contribution < -0.4 is 4.57 Å². The summed E-state index contributed by atoms with van der Waals surface area (Å²) in [5.74, 6) is 1.82. The number of rotatable bonds is 1. The van der Waals surface area contributed by atoms with E-state index >= 15 is 0 Å². The zero-order valence-corrected chi connectivity index (χ0v) is 14.8. The van der Waals surface area contributed by atoms with Crippen molar-refractivity contribution in [3.63, 3.8) is 0 Å². The number of hydrogen-bond donors (Lipinski definition) is 0. The van der Waals surface area contributed by atoms with Gasteiger partial charge < -0.3 is 4.74 Å². The lowest BCUT2D eigenvalue weighted by atomic mass is 9.64. The maximum atomic E-state index is 6.58. The molecule has 2 aliphatic carbocycles. The Labute approximate surface area is 143 Å². The maximum absolute atomic E-state index is 6.58. The molecular weight excluding hydrogens is 298 g/mol. The lowest BCUT2D eigenvalue weighted by Crippen LogP contribution is -2.61. The van der Waals surface area contributed by atoms with Gasteiger partial charge in [0.1, 0.15) is 24.4 Å². The highest BCUT2D eigenvalue weighted by Gasteiger charge is 2.71. The van der Waals surface area contributed by atoms with Crippen molar-refractivity contribution < 1.29 is 9.30 Å². The van der Waals surface area contributed by atoms with Gasteiger partial charge in [0.05, 0.1) is 0 Å². The second-order valence-corrected chi connectivity index (χ2v) is 8.72. The Balaban J connectivity index is 1.53. The molecule has 0 amide bonds. The number of nitrogens with zero attached hydrogens (tertiary/aromatic N) is 3. The number of benzene rings is 1. The zero-order chi connectivity index (χ0) is 16.6. The van der Waals surface area contributed by atoms with Crippen LogP contribution in [-0.2, 0) is 17.9 Å². The van der Waals surface area contributed by atoms with Crippen molar-refractivity contribution in [1.29, 1.82) is 0 Å². The lowest BCUT2D eigenvalue weighted by Gasteiger charge is -2.48. The first-order valence-corrected chi connectivity index (χ1v) is 9.13. The van der Waals surface area contributed by atoms with Crippen molar-refractivity contribution in [2.24, 2.45) is 16.7 Å². The normalized spacial score (nSPS) is 36.2. The van der Waals surface area contributed by atoms with Gasteiger partial charge in [-0.05, 0) is 42.7 Å². The van der Waals surface area contributed by atoms with Gasteiger partial charge in [-0.1, -0.05) is 43.7 Å². The van der Waals surface area contributed by atoms with Crippen LogP contribution in [0, 0.1) is 16.7 Å². The molecule has 3 atom stereocenters. The highest BCUT2D eigenvalue weighted by atomic mass is 16.5. The zero-order valence-electron chi connectivity index (χ0n) is 14.8. The molecule has 24 heavy (non-hydrogen) atoms. The number of fused-ring (bicyclic) bond motifs is 4. The van der Waals surface area contributed by atoms with Crippen molar-refractivity contribution >= 4 is 0 Å². The van der Waals surface area contributed by atoms with Crippen LogP contribution >= 0.6 is 0 Å². The Bertz CT molecular complexity index is 796. The van der Waals surface area contributed by atoms with Gasteiger partial charge in [-0.15, -0.1) is 0 Å². The van der Waals surface area contributed by atoms with E-state index in [9.17, 15) is 0 Å². The van der Waals surface area contributed by atoms with Gasteiger partial charge in [0, 0.05) is 10.5 Å². The first kappa shape index (κ1) is 14.6. The molecule has 1 spiro atoms. The van der Waals surface area contributed by atoms with Crippen molar-refractivity contribution in [2.75, 3.05) is 0 Å². The third-order valence-corrected chi connectivity index (χ3v) is 7.74. The Kier molecular flexibility index (Phi) is 2.73. The fourth-order valence-corrected chi connectivity index (χ4v) is 5.73. The third kappa shape index (κ3) is 1.62. The maximum Gasteiger partial charge on any atom is 0.303 e. The van der Waals surface area contributed by atoms with Crippen LogP contribution in [0.15, 0.2) is 36.7 Å². The Morgan fingerprint density at radius 3 is 2.67 bits per heavy atom. The predicted octanol–water partition coefficient (Wildman–Crippen LogP) is 3.28. The van der Waals surface area contributed by atoms with Gasteiger partial charge in [-0.25, -0.2) is 4.57 Å². The van der Waals surface area contributed by atoms with Gasteiger partial charge in [-0.3, -0.25) is 0 Å². The molecular formula is C20H26N3O+. The SMILES string of the molecule is CC1(C)[C@@H]2CC[C@@]1(C)[C@]1(C2)C[n+]2cn(-c3ccccc3)nc2CO1. The molecule has 0 N–H and O–H groups in total. The summed E-state index contributed by atoms with van der Waals surface area (Å²) >= 11 is 0. The van der Waals surface area contributed by atoms with E-state index in [-0.39, 0.29) is 11.0 Å². The molecule has 4 nitrogen and oxygen atoms in total. The van der Waals surface area contributed by atoms with Crippen molar-refractivity contribution in [2.45, 2.75) is 58.8 Å². The van der Waals surface area contributed by atoms with E-state index in [4.69, 9.17) is 9.84 Å². The minimum absolute atomic E-state index is 0.0262. The fourth-order valence-electron chi connectivity index (χ4n) is 5.73. The molecule has 0 saturated heterocycles. The van der Waals surface area contributed by atoms with Gasteiger partial charge in [0.2, 0.25) is 6.33 Å². The molecule has 1 aliphatic heterocycles. The number of hydrogen-bond acceptors (Lipinski definition) is 2. The molecule has 2 bridgehead atoms. The highest BCUT2D eigenvalue weighted by molar-refractivity contribution is 5.29. The molecule has 1 aromatic carbocycles. The number of para-hydroxylation sites is 1. The summed E-state index contributed by atoms with van der Waals surface area (Å²) in [5, 5.41) is 4.75. The monoisotopic (exact) mass is 324 g/mol. The van der Waals surface area contributed by atoms with Crippen molar-refractivity contribution in [3.8, 4) is 5.69 Å². The standard InChI is InChI=1S/C20H26N3O/c1-18(2)15-9-10-19(18,3)20(11-15)13-22-14-23(21-17(22)12-24-20)16-7-5-4-6-8-16/h4-8,14-15H,9-13H2,1-3H3/q+1/t15-,19-,20+/m1/s1. The first-order chi connectivity index (χ1) is 11.5. The summed E-state index contributed by atoms with van der Waals surface area (Å²) in [6.45, 7) is 8.93. The summed E-state index contributed by atoms with van der Waals surface area (Å²) in [6, 6.07) is 10.3. The first-order valence-electron chi connectivity index (χ1n) is 9.13. The second-order valence-electron chi connectivity index (χ2n) is 8.72. The van der Waals surface area contributed by atoms with Crippen LogP contribution in [0.25, 0.3) is 5.69 Å². The topological polar surface area (TPSA) is 30.9 Å². The summed E-state index contributed by atoms with van der Waals surface area (Å²) < 4.78 is 10.9. The van der Waals surface area contributed by atoms with Crippen LogP contribution in [0.4, 0.5) is 0 Å². The summed E-state index contributed by atoms with van der Waals surface area (Å²) in [4.78, 5) is 0. The third-order valence-electron chi connectivity index (χ3n) is 7.74. The van der Waals surface area contributed by atoms with Crippen LogP contribution in [-0.4, -0.2) is 15.4 Å². The summed E-state index contributed by atoms with van der Waals surface area (Å²) in [6.07, 6.45) is 5.99. The van der Waals surface area contributed by atoms with E-state index < -0.39 is 0 Å². The smallest absolute Gasteiger partial charge is 0.303 e. The number of aromatic nitrogens is 3. The average molecular weight is 324 g/mol. The highest BCUT2D eigenvalue weighted by Crippen LogP contribution is 2.71. The van der Waals surface area contributed by atoms with Crippen molar-refractivity contribution in [1.82, 2.24) is 9.78 Å². The van der Waals surface area contributed by atoms with E-state index in [0.29, 0.717) is 12.0 Å². The van der Waals surface area contributed by atoms with Crippen LogP contribution in [0.2, 0.25) is 0 Å². The van der Waals surface area contributed by atoms with Crippen LogP contribution in [0.3, 0.4) is 0 Å². The minimum Gasteiger partial charge on any atom is -0.360 e. The lowest BCUT2D eigenvalue weighted by molar-refractivity contribution is -0.736. The van der Waals surface area contributed by atoms with E-state index in [1.165, 1.54) is 19.3 Å². The number of ether oxygens (including phenoxy) is 1. The fraction of sp³-hybridized carbons (Fsp3) is 0.600. The Morgan fingerprint density at radius 2 is 2.00 bits per heavy atom. The molecule has 3 aliphatic rings. The molecule has 0 unspecified atom stereocenters. The second kappa shape index (κ2) is 4.48. The minimum atomic E-state index is -0.0262. The molecule has 1 aromatic heterocycles. The van der Waals surface area contributed by atoms with Crippen molar-refractivity contribution in [3.05, 3.63) is 42.5 Å². The van der Waals surface area contributed by atoms with Crippen LogP contribution in [0.1, 0.15) is 45.9 Å². The Morgan fingerprint density at radius 1 is 1.21 bits per heavy atom. The summed E-state index contributed by atoms with van der Waals surface area (Å²) in [5.41, 5.74) is 1.69. The van der Waals surface area contributed by atoms with Gasteiger partial charge in [-0.2, -0.15) is 0 Å². The van der Waals surface area contributed by atoms with Gasteiger partial charge >= 0.3 is 5.82 Å². The molecule has 4 heteroatoms. The largest absolute Gasteiger partial charge is 0.360 e. The molecule has 2 saturated carbocycles. The average Bonchev–Trinajstić information content (AvgIpc) is 3.14. The molecule has 2 aromatic rings. The molecule has 2 fully saturated rings. The quantitative estimate of drug-likeness (QED) is 0.754. The van der Waals surface area contributed by atoms with Gasteiger partial charge in [0.15, 0.2) is 0 Å². The van der Waals surface area contributed by atoms with E-state index in [2.05, 4.69) is 55.9 Å². The Hall–Kier alpha value is -1.68. The molecule has 5 rings (SSSR count). The van der Waals surface area contributed by atoms with E-state index in [0.717, 1.165) is 24.0 Å². The van der Waals surface area contributed by atoms with E-state index in [1.54, 1.807) is 0 Å². The van der Waals surface area contributed by atoms with E-state index in [1.807, 2.05) is 10.7 Å². The summed E-state index contributed by atoms with van der Waals surface area (Å²) in [7, 11) is 0. The molecule has 0 radical (unpaired) electrons.